The van der Waals surface area contributed by atoms with Crippen molar-refractivity contribution in [1.82, 2.24) is 40.4 Å². The second-order valence-electron chi connectivity index (χ2n) is 17.5. The average molecular weight is 851 g/mol. The third-order valence-electron chi connectivity index (χ3n) is 12.9. The van der Waals surface area contributed by atoms with Gasteiger partial charge in [0.05, 0.1) is 48.7 Å². The molecule has 1 saturated carbocycles. The van der Waals surface area contributed by atoms with Gasteiger partial charge in [0.25, 0.3) is 0 Å². The molecule has 14 nitrogen and oxygen atoms in total. The number of benzene rings is 4. The van der Waals surface area contributed by atoms with Crippen molar-refractivity contribution in [1.29, 1.82) is 0 Å². The maximum atomic E-state index is 14.5. The minimum atomic E-state index is -0.792. The van der Waals surface area contributed by atoms with E-state index in [0.717, 1.165) is 81.3 Å². The van der Waals surface area contributed by atoms with Crippen molar-refractivity contribution in [2.45, 2.75) is 70.1 Å². The number of rotatable bonds is 13. The van der Waals surface area contributed by atoms with Gasteiger partial charge in [-0.1, -0.05) is 86.6 Å². The van der Waals surface area contributed by atoms with E-state index in [4.69, 9.17) is 19.4 Å². The van der Waals surface area contributed by atoms with Gasteiger partial charge in [-0.15, -0.1) is 0 Å². The summed E-state index contributed by atoms with van der Waals surface area (Å²) in [5, 5.41) is 7.87. The van der Waals surface area contributed by atoms with Crippen LogP contribution in [0.3, 0.4) is 0 Å². The number of carbonyl (C=O) groups excluding carboxylic acids is 4. The van der Waals surface area contributed by atoms with Crippen LogP contribution in [0.15, 0.2) is 91.1 Å². The summed E-state index contributed by atoms with van der Waals surface area (Å²) in [5.41, 5.74) is 6.44. The normalized spacial score (nSPS) is 19.7. The molecule has 4 N–H and O–H groups in total. The van der Waals surface area contributed by atoms with Crippen molar-refractivity contribution >= 4 is 45.6 Å². The highest BCUT2D eigenvalue weighted by Gasteiger charge is 2.43. The number of amides is 4. The Morgan fingerprint density at radius 1 is 0.810 bits per heavy atom. The third kappa shape index (κ3) is 8.51. The fourth-order valence-electron chi connectivity index (χ4n) is 9.34. The van der Waals surface area contributed by atoms with E-state index >= 15 is 0 Å². The zero-order valence-electron chi connectivity index (χ0n) is 36.1. The van der Waals surface area contributed by atoms with Crippen LogP contribution < -0.4 is 10.6 Å². The van der Waals surface area contributed by atoms with Gasteiger partial charge in [-0.25, -0.2) is 14.8 Å². The highest BCUT2D eigenvalue weighted by atomic mass is 16.5. The molecule has 63 heavy (non-hydrogen) atoms. The molecule has 2 aliphatic heterocycles. The Labute approximate surface area is 366 Å². The zero-order valence-corrected chi connectivity index (χ0v) is 36.1. The summed E-state index contributed by atoms with van der Waals surface area (Å²) >= 11 is 0. The number of ether oxygens (including phenoxy) is 2. The van der Waals surface area contributed by atoms with Crippen LogP contribution in [0.2, 0.25) is 0 Å². The van der Waals surface area contributed by atoms with Gasteiger partial charge in [0.15, 0.2) is 0 Å². The molecule has 3 aliphatic rings. The molecule has 6 aromatic rings. The molecule has 326 valence electrons. The summed E-state index contributed by atoms with van der Waals surface area (Å²) in [5.74, 6) is 1.05. The van der Waals surface area contributed by atoms with Gasteiger partial charge in [-0.05, 0) is 77.8 Å². The highest BCUT2D eigenvalue weighted by Crippen LogP contribution is 2.40. The van der Waals surface area contributed by atoms with E-state index in [1.54, 1.807) is 7.11 Å². The number of H-pyrrole nitrogens is 2. The van der Waals surface area contributed by atoms with E-state index in [-0.39, 0.29) is 47.6 Å². The SMILES string of the molecule is COC[C@H]1C[C@@H](c2nc3ccc4cc(-c5ccc(-c6cnc([C@@H]7CCCN7C(=O)C(NC(=O)OC)C(C)C)[nH]6)cc5)ccc4c3[nH]2)N(C(=O)[C@H](NC(=O)C2CC2)c2ccccc2)C1. The second-order valence-corrected chi connectivity index (χ2v) is 17.5. The lowest BCUT2D eigenvalue weighted by atomic mass is 9.99. The van der Waals surface area contributed by atoms with Crippen molar-refractivity contribution in [2.75, 3.05) is 33.9 Å². The summed E-state index contributed by atoms with van der Waals surface area (Å²) in [6.45, 7) is 5.41. The van der Waals surface area contributed by atoms with E-state index < -0.39 is 18.2 Å². The van der Waals surface area contributed by atoms with E-state index in [9.17, 15) is 19.2 Å². The van der Waals surface area contributed by atoms with Crippen LogP contribution in [0.5, 0.6) is 0 Å². The number of carbonyl (C=O) groups is 4. The van der Waals surface area contributed by atoms with Crippen LogP contribution in [-0.2, 0) is 23.9 Å². The Hall–Kier alpha value is -6.54. The largest absolute Gasteiger partial charge is 0.453 e. The smallest absolute Gasteiger partial charge is 0.407 e. The van der Waals surface area contributed by atoms with Crippen LogP contribution in [0.25, 0.3) is 44.2 Å². The first-order valence-electron chi connectivity index (χ1n) is 22.0. The molecule has 5 atom stereocenters. The summed E-state index contributed by atoms with van der Waals surface area (Å²) in [4.78, 5) is 73.7. The molecule has 1 aliphatic carbocycles. The lowest BCUT2D eigenvalue weighted by molar-refractivity contribution is -0.138. The third-order valence-corrected chi connectivity index (χ3v) is 12.9. The standard InChI is InChI=1S/C49H54N8O6/c1-28(2)41(55-49(61)63-4)47(59)56-22-8-11-39(56)44-50-25-38(52-44)31-14-12-30(13-15-31)34-18-20-36-35(24-34)19-21-37-43(36)53-45(51-37)40-23-29(27-62-3)26-57(40)48(60)42(32-9-6-5-7-10-32)54-46(58)33-16-17-33/h5-7,9-10,12-15,18-21,24-25,28-29,33,39-42H,8,11,16-17,22-23,26-27H2,1-4H3,(H,50,52)(H,51,53)(H,54,58)(H,55,61)/t29-,39-,40-,41?,42+/m0/s1. The molecule has 1 unspecified atom stereocenters. The number of hydrogen-bond donors (Lipinski definition) is 4. The maximum Gasteiger partial charge on any atom is 0.407 e. The average Bonchev–Trinajstić information content (AvgIpc) is 3.66. The first-order chi connectivity index (χ1) is 30.6. The van der Waals surface area contributed by atoms with Crippen molar-refractivity contribution in [3.05, 3.63) is 108 Å². The number of imidazole rings is 2. The van der Waals surface area contributed by atoms with E-state index in [1.165, 1.54) is 7.11 Å². The van der Waals surface area contributed by atoms with Gasteiger partial charge in [-0.2, -0.15) is 0 Å². The van der Waals surface area contributed by atoms with Gasteiger partial charge < -0.3 is 39.9 Å². The Bertz CT molecular complexity index is 2640. The molecule has 3 fully saturated rings. The first-order valence-corrected chi connectivity index (χ1v) is 22.0. The topological polar surface area (TPSA) is 175 Å². The van der Waals surface area contributed by atoms with E-state index in [0.29, 0.717) is 31.9 Å². The van der Waals surface area contributed by atoms with Crippen LogP contribution in [0.1, 0.15) is 81.3 Å². The predicted molar refractivity (Wildman–Crippen MR) is 239 cm³/mol. The minimum absolute atomic E-state index is 0.0303. The molecule has 9 rings (SSSR count). The van der Waals surface area contributed by atoms with Crippen molar-refractivity contribution < 1.29 is 28.7 Å². The minimum Gasteiger partial charge on any atom is -0.453 e. The molecule has 0 radical (unpaired) electrons. The number of nitrogens with one attached hydrogen (secondary N) is 4. The number of nitrogens with zero attached hydrogens (tertiary/aromatic N) is 4. The number of aromatic amines is 2. The lowest BCUT2D eigenvalue weighted by Gasteiger charge is -2.30. The van der Waals surface area contributed by atoms with E-state index in [1.807, 2.05) is 66.2 Å². The quantitative estimate of drug-likeness (QED) is 0.0918. The summed E-state index contributed by atoms with van der Waals surface area (Å²) < 4.78 is 10.3. The number of aromatic nitrogens is 4. The van der Waals surface area contributed by atoms with Gasteiger partial charge in [0.2, 0.25) is 17.7 Å². The fraction of sp³-hybridized carbons (Fsp3) is 0.388. The number of methoxy groups -OCH3 is 2. The summed E-state index contributed by atoms with van der Waals surface area (Å²) in [6.07, 6.45) is 5.19. The predicted octanol–water partition coefficient (Wildman–Crippen LogP) is 7.62. The Morgan fingerprint density at radius 3 is 2.30 bits per heavy atom. The fourth-order valence-corrected chi connectivity index (χ4v) is 9.34. The molecule has 0 spiro atoms. The maximum absolute atomic E-state index is 14.5. The van der Waals surface area contributed by atoms with Gasteiger partial charge in [-0.3, -0.25) is 14.4 Å². The molecule has 14 heteroatoms. The number of likely N-dealkylation sites (tertiary alicyclic amines) is 2. The molecule has 2 aromatic heterocycles. The van der Waals surface area contributed by atoms with Crippen LogP contribution in [0, 0.1) is 17.8 Å². The summed E-state index contributed by atoms with van der Waals surface area (Å²) in [7, 11) is 2.97. The Morgan fingerprint density at radius 2 is 1.57 bits per heavy atom. The monoisotopic (exact) mass is 850 g/mol. The molecule has 2 saturated heterocycles. The molecule has 0 bridgehead atoms. The van der Waals surface area contributed by atoms with Crippen LogP contribution in [-0.4, -0.2) is 93.5 Å². The Balaban J connectivity index is 0.933. The highest BCUT2D eigenvalue weighted by molar-refractivity contribution is 6.05. The van der Waals surface area contributed by atoms with Crippen molar-refractivity contribution in [3.63, 3.8) is 0 Å². The molecule has 4 heterocycles. The first kappa shape index (κ1) is 41.8. The number of alkyl carbamates (subject to hydrolysis) is 1. The molecule has 4 aromatic carbocycles. The Kier molecular flexibility index (Phi) is 11.7. The van der Waals surface area contributed by atoms with Crippen molar-refractivity contribution in [2.24, 2.45) is 17.8 Å². The van der Waals surface area contributed by atoms with Gasteiger partial charge >= 0.3 is 6.09 Å². The summed E-state index contributed by atoms with van der Waals surface area (Å²) in [6, 6.07) is 26.3. The van der Waals surface area contributed by atoms with Crippen LogP contribution >= 0.6 is 0 Å². The molecular formula is C49H54N8O6. The van der Waals surface area contributed by atoms with Gasteiger partial charge in [0, 0.05) is 37.4 Å². The number of hydrogen-bond acceptors (Lipinski definition) is 8. The zero-order chi connectivity index (χ0) is 43.8. The lowest BCUT2D eigenvalue weighted by Crippen LogP contribution is -2.51. The van der Waals surface area contributed by atoms with E-state index in [2.05, 4.69) is 69.1 Å². The second kappa shape index (κ2) is 17.7. The number of fused-ring (bicyclic) bond motifs is 3. The van der Waals surface area contributed by atoms with Gasteiger partial charge in [0.1, 0.15) is 23.7 Å². The van der Waals surface area contributed by atoms with Crippen LogP contribution in [0.4, 0.5) is 4.79 Å². The van der Waals surface area contributed by atoms with Crippen molar-refractivity contribution in [3.8, 4) is 22.4 Å². The molecule has 4 amide bonds. The molecular weight excluding hydrogens is 797 g/mol.